The van der Waals surface area contributed by atoms with Crippen molar-refractivity contribution in [1.29, 1.82) is 0 Å². The Morgan fingerprint density at radius 2 is 1.81 bits per heavy atom. The third-order valence-electron chi connectivity index (χ3n) is 3.33. The van der Waals surface area contributed by atoms with E-state index in [0.717, 1.165) is 31.3 Å². The van der Waals surface area contributed by atoms with Gasteiger partial charge >= 0.3 is 5.97 Å². The van der Waals surface area contributed by atoms with Crippen LogP contribution >= 0.6 is 0 Å². The minimum atomic E-state index is -0.695. The molecule has 92 valence electrons. The lowest BCUT2D eigenvalue weighted by molar-refractivity contribution is -0.137. The third-order valence-corrected chi connectivity index (χ3v) is 3.33. The van der Waals surface area contributed by atoms with Crippen LogP contribution in [0.2, 0.25) is 0 Å². The molecule has 0 spiro atoms. The zero-order valence-corrected chi connectivity index (χ0v) is 10.5. The van der Waals surface area contributed by atoms with E-state index >= 15 is 0 Å². The van der Waals surface area contributed by atoms with E-state index in [4.69, 9.17) is 4.74 Å². The van der Waals surface area contributed by atoms with Gasteiger partial charge in [0.2, 0.25) is 0 Å². The van der Waals surface area contributed by atoms with E-state index < -0.39 is 5.60 Å². The first-order valence-corrected chi connectivity index (χ1v) is 5.95. The van der Waals surface area contributed by atoms with Crippen molar-refractivity contribution < 1.29 is 14.6 Å². The fourth-order valence-corrected chi connectivity index (χ4v) is 2.29. The van der Waals surface area contributed by atoms with Gasteiger partial charge in [-0.05, 0) is 26.7 Å². The molecular weight excluding hydrogens is 204 g/mol. The minimum absolute atomic E-state index is 0.306. The minimum Gasteiger partial charge on any atom is -0.466 e. The van der Waals surface area contributed by atoms with Crippen LogP contribution in [0.5, 0.6) is 0 Å². The lowest BCUT2D eigenvalue weighted by Crippen LogP contribution is -2.33. The molecular formula is C13H22O3. The van der Waals surface area contributed by atoms with Crippen molar-refractivity contribution in [2.75, 3.05) is 7.11 Å². The molecule has 1 rings (SSSR count). The number of hydrogen-bond acceptors (Lipinski definition) is 3. The summed E-state index contributed by atoms with van der Waals surface area (Å²) in [5, 5.41) is 10.4. The van der Waals surface area contributed by atoms with Gasteiger partial charge in [-0.25, -0.2) is 4.79 Å². The molecule has 0 aromatic heterocycles. The highest BCUT2D eigenvalue weighted by Crippen LogP contribution is 2.34. The summed E-state index contributed by atoms with van der Waals surface area (Å²) in [4.78, 5) is 11.6. The van der Waals surface area contributed by atoms with Crippen molar-refractivity contribution in [3.63, 3.8) is 0 Å². The summed E-state index contributed by atoms with van der Waals surface area (Å²) in [7, 11) is 1.39. The van der Waals surface area contributed by atoms with Gasteiger partial charge in [0.05, 0.1) is 12.7 Å². The zero-order valence-electron chi connectivity index (χ0n) is 10.5. The predicted octanol–water partition coefficient (Wildman–Crippen LogP) is 2.58. The van der Waals surface area contributed by atoms with Crippen molar-refractivity contribution in [3.05, 3.63) is 11.1 Å². The Bertz CT molecular complexity index is 282. The number of allylic oxidation sites excluding steroid dienone is 1. The average Bonchev–Trinajstić information content (AvgIpc) is 2.25. The summed E-state index contributed by atoms with van der Waals surface area (Å²) < 4.78 is 4.75. The van der Waals surface area contributed by atoms with E-state index in [1.54, 1.807) is 0 Å². The maximum absolute atomic E-state index is 11.6. The molecule has 3 nitrogen and oxygen atoms in total. The monoisotopic (exact) mass is 226 g/mol. The summed E-state index contributed by atoms with van der Waals surface area (Å²) in [5.74, 6) is -0.306. The maximum Gasteiger partial charge on any atom is 0.333 e. The van der Waals surface area contributed by atoms with E-state index in [0.29, 0.717) is 12.0 Å². The number of carbonyl (C=O) groups is 1. The highest BCUT2D eigenvalue weighted by Gasteiger charge is 2.32. The number of aliphatic hydroxyl groups is 1. The highest BCUT2D eigenvalue weighted by molar-refractivity contribution is 5.89. The number of hydrogen-bond donors (Lipinski definition) is 1. The average molecular weight is 226 g/mol. The van der Waals surface area contributed by atoms with E-state index in [1.807, 2.05) is 13.8 Å². The molecule has 0 atom stereocenters. The topological polar surface area (TPSA) is 46.5 Å². The lowest BCUT2D eigenvalue weighted by atomic mass is 9.80. The molecule has 1 aliphatic carbocycles. The van der Waals surface area contributed by atoms with Gasteiger partial charge in [0.25, 0.3) is 0 Å². The van der Waals surface area contributed by atoms with Crippen LogP contribution in [0.4, 0.5) is 0 Å². The van der Waals surface area contributed by atoms with Crippen molar-refractivity contribution in [1.82, 2.24) is 0 Å². The Hall–Kier alpha value is -0.830. The number of rotatable bonds is 3. The molecule has 0 amide bonds. The van der Waals surface area contributed by atoms with Gasteiger partial charge in [0.15, 0.2) is 0 Å². The van der Waals surface area contributed by atoms with Crippen molar-refractivity contribution in [2.24, 2.45) is 0 Å². The molecule has 1 saturated carbocycles. The second-order valence-electron chi connectivity index (χ2n) is 4.93. The summed E-state index contributed by atoms with van der Waals surface area (Å²) in [6.07, 6.45) is 5.30. The van der Waals surface area contributed by atoms with Crippen LogP contribution in [0.15, 0.2) is 11.1 Å². The van der Waals surface area contributed by atoms with Crippen LogP contribution < -0.4 is 0 Å². The lowest BCUT2D eigenvalue weighted by Gasteiger charge is -2.32. The Balaban J connectivity index is 2.76. The van der Waals surface area contributed by atoms with Crippen LogP contribution in [-0.2, 0) is 9.53 Å². The first-order chi connectivity index (χ1) is 7.48. The number of esters is 1. The van der Waals surface area contributed by atoms with Gasteiger partial charge in [-0.15, -0.1) is 0 Å². The molecule has 1 N–H and O–H groups in total. The van der Waals surface area contributed by atoms with Gasteiger partial charge in [0, 0.05) is 12.0 Å². The second kappa shape index (κ2) is 5.48. The van der Waals surface area contributed by atoms with Crippen LogP contribution in [0.1, 0.15) is 52.4 Å². The molecule has 0 bridgehead atoms. The molecule has 1 fully saturated rings. The smallest absolute Gasteiger partial charge is 0.333 e. The zero-order chi connectivity index (χ0) is 12.2. The van der Waals surface area contributed by atoms with Gasteiger partial charge in [-0.1, -0.05) is 24.8 Å². The number of carbonyl (C=O) groups excluding carboxylic acids is 1. The van der Waals surface area contributed by atoms with Crippen molar-refractivity contribution in [2.45, 2.75) is 58.0 Å². The molecule has 3 heteroatoms. The first-order valence-electron chi connectivity index (χ1n) is 5.95. The number of methoxy groups -OCH3 is 1. The van der Waals surface area contributed by atoms with Gasteiger partial charge < -0.3 is 9.84 Å². The summed E-state index contributed by atoms with van der Waals surface area (Å²) in [6.45, 7) is 3.77. The molecule has 0 unspecified atom stereocenters. The summed E-state index contributed by atoms with van der Waals surface area (Å²) in [5.41, 5.74) is 0.872. The van der Waals surface area contributed by atoms with Crippen molar-refractivity contribution >= 4 is 5.97 Å². The Morgan fingerprint density at radius 1 is 1.25 bits per heavy atom. The number of ether oxygens (including phenoxy) is 1. The summed E-state index contributed by atoms with van der Waals surface area (Å²) >= 11 is 0. The third kappa shape index (κ3) is 3.34. The molecule has 16 heavy (non-hydrogen) atoms. The van der Waals surface area contributed by atoms with E-state index in [2.05, 4.69) is 0 Å². The van der Waals surface area contributed by atoms with Crippen LogP contribution in [0.3, 0.4) is 0 Å². The van der Waals surface area contributed by atoms with Crippen LogP contribution in [0.25, 0.3) is 0 Å². The largest absolute Gasteiger partial charge is 0.466 e. The van der Waals surface area contributed by atoms with E-state index in [-0.39, 0.29) is 5.97 Å². The standard InChI is InChI=1S/C13H22O3/c1-10(2)11(12(14)16-3)9-13(15)7-5-4-6-8-13/h15H,4-9H2,1-3H3. The molecule has 0 radical (unpaired) electrons. The summed E-state index contributed by atoms with van der Waals surface area (Å²) in [6, 6.07) is 0. The van der Waals surface area contributed by atoms with E-state index in [9.17, 15) is 9.90 Å². The van der Waals surface area contributed by atoms with Gasteiger partial charge in [-0.3, -0.25) is 0 Å². The Morgan fingerprint density at radius 3 is 2.25 bits per heavy atom. The fraction of sp³-hybridized carbons (Fsp3) is 0.769. The molecule has 1 aliphatic rings. The van der Waals surface area contributed by atoms with Crippen LogP contribution in [0, 0.1) is 0 Å². The van der Waals surface area contributed by atoms with E-state index in [1.165, 1.54) is 13.5 Å². The highest BCUT2D eigenvalue weighted by atomic mass is 16.5. The van der Waals surface area contributed by atoms with Crippen LogP contribution in [-0.4, -0.2) is 23.8 Å². The molecule has 0 aliphatic heterocycles. The van der Waals surface area contributed by atoms with Gasteiger partial charge in [0.1, 0.15) is 0 Å². The van der Waals surface area contributed by atoms with Gasteiger partial charge in [-0.2, -0.15) is 0 Å². The second-order valence-corrected chi connectivity index (χ2v) is 4.93. The SMILES string of the molecule is COC(=O)C(CC1(O)CCCCC1)=C(C)C. The quantitative estimate of drug-likeness (QED) is 0.594. The molecule has 0 aromatic carbocycles. The molecule has 0 saturated heterocycles. The first kappa shape index (κ1) is 13.2. The predicted molar refractivity (Wildman–Crippen MR) is 63.0 cm³/mol. The Labute approximate surface area is 97.5 Å². The Kier molecular flexibility index (Phi) is 4.54. The van der Waals surface area contributed by atoms with Crippen molar-refractivity contribution in [3.8, 4) is 0 Å². The fourth-order valence-electron chi connectivity index (χ4n) is 2.29. The maximum atomic E-state index is 11.6. The molecule has 0 heterocycles. The normalized spacial score (nSPS) is 19.0. The molecule has 0 aromatic rings.